The molecule has 9 heteroatoms. The molecule has 0 fully saturated rings. The summed E-state index contributed by atoms with van der Waals surface area (Å²) in [4.78, 5) is 27.2. The normalized spacial score (nSPS) is 18.4. The van der Waals surface area contributed by atoms with Gasteiger partial charge in [-0.3, -0.25) is 14.5 Å². The highest BCUT2D eigenvalue weighted by Crippen LogP contribution is 2.38. The molecule has 36 heavy (non-hydrogen) atoms. The molecule has 4 aromatic rings. The van der Waals surface area contributed by atoms with Gasteiger partial charge < -0.3 is 9.73 Å². The van der Waals surface area contributed by atoms with Crippen LogP contribution in [0.3, 0.4) is 0 Å². The Morgan fingerprint density at radius 3 is 2.36 bits per heavy atom. The lowest BCUT2D eigenvalue weighted by atomic mass is 9.95. The summed E-state index contributed by atoms with van der Waals surface area (Å²) in [6.45, 7) is 2.39. The zero-order valence-electron chi connectivity index (χ0n) is 19.2. The van der Waals surface area contributed by atoms with E-state index in [1.165, 1.54) is 35.2 Å². The third-order valence-corrected chi connectivity index (χ3v) is 8.70. The molecule has 2 aliphatic rings. The number of benzene rings is 3. The number of carbonyl (C=O) groups is 2. The van der Waals surface area contributed by atoms with Gasteiger partial charge in [0, 0.05) is 23.6 Å². The molecule has 0 aliphatic carbocycles. The van der Waals surface area contributed by atoms with E-state index in [-0.39, 0.29) is 21.6 Å². The average Bonchev–Trinajstić information content (AvgIpc) is 3.38. The molecular formula is C27H21FN2O5S. The summed E-state index contributed by atoms with van der Waals surface area (Å²) in [6.07, 6.45) is 0.643. The van der Waals surface area contributed by atoms with E-state index in [2.05, 4.69) is 5.32 Å². The second-order valence-electron chi connectivity index (χ2n) is 9.01. The predicted octanol–water partition coefficient (Wildman–Crippen LogP) is 4.28. The third-order valence-electron chi connectivity index (χ3n) is 6.95. The fourth-order valence-corrected chi connectivity index (χ4v) is 6.46. The standard InChI is InChI=1S/C27H21FN2O5S/c1-15(30-26(31)21-7-2-3-8-22(21)27(30)32)24-25-20(11-12-29-24)19-10-9-18(14-23(19)35-25)36(33,34)17-6-4-5-16(28)13-17/h2-10,13-15,24,29H,11-12H2,1H3. The molecule has 0 spiro atoms. The first-order valence-electron chi connectivity index (χ1n) is 11.5. The average molecular weight is 505 g/mol. The Kier molecular flexibility index (Phi) is 5.10. The second-order valence-corrected chi connectivity index (χ2v) is 11.0. The Hall–Kier alpha value is -3.82. The smallest absolute Gasteiger partial charge is 0.261 e. The van der Waals surface area contributed by atoms with Crippen LogP contribution in [0.15, 0.2) is 80.9 Å². The summed E-state index contributed by atoms with van der Waals surface area (Å²) >= 11 is 0. The number of nitrogens with zero attached hydrogens (tertiary/aromatic N) is 1. The van der Waals surface area contributed by atoms with Crippen LogP contribution in [0.4, 0.5) is 4.39 Å². The van der Waals surface area contributed by atoms with Crippen LogP contribution >= 0.6 is 0 Å². The highest BCUT2D eigenvalue weighted by Gasteiger charge is 2.43. The van der Waals surface area contributed by atoms with Crippen LogP contribution in [-0.2, 0) is 16.3 Å². The van der Waals surface area contributed by atoms with Crippen molar-refractivity contribution in [1.82, 2.24) is 10.2 Å². The second kappa shape index (κ2) is 8.11. The third kappa shape index (κ3) is 3.30. The van der Waals surface area contributed by atoms with Gasteiger partial charge in [-0.25, -0.2) is 12.8 Å². The monoisotopic (exact) mass is 504 g/mol. The van der Waals surface area contributed by atoms with Gasteiger partial charge >= 0.3 is 0 Å². The zero-order chi connectivity index (χ0) is 25.2. The van der Waals surface area contributed by atoms with E-state index in [1.807, 2.05) is 0 Å². The molecule has 0 bridgehead atoms. The fourth-order valence-electron chi connectivity index (χ4n) is 5.16. The van der Waals surface area contributed by atoms with E-state index in [0.29, 0.717) is 35.4 Å². The summed E-state index contributed by atoms with van der Waals surface area (Å²) in [5.74, 6) is -0.768. The minimum absolute atomic E-state index is 0.00963. The van der Waals surface area contributed by atoms with Gasteiger partial charge in [-0.2, -0.15) is 0 Å². The van der Waals surface area contributed by atoms with Gasteiger partial charge in [0.15, 0.2) is 0 Å². The Morgan fingerprint density at radius 1 is 0.972 bits per heavy atom. The van der Waals surface area contributed by atoms with Crippen LogP contribution < -0.4 is 5.32 Å². The van der Waals surface area contributed by atoms with Gasteiger partial charge in [-0.1, -0.05) is 18.2 Å². The molecule has 3 heterocycles. The maximum Gasteiger partial charge on any atom is 0.261 e. The lowest BCUT2D eigenvalue weighted by Crippen LogP contribution is -2.47. The number of carbonyl (C=O) groups excluding carboxylic acids is 2. The number of furan rings is 1. The van der Waals surface area contributed by atoms with Crippen LogP contribution in [0.5, 0.6) is 0 Å². The number of hydrogen-bond acceptors (Lipinski definition) is 6. The van der Waals surface area contributed by atoms with Gasteiger partial charge in [-0.05, 0) is 55.8 Å². The molecule has 7 nitrogen and oxygen atoms in total. The van der Waals surface area contributed by atoms with Crippen molar-refractivity contribution < 1.29 is 26.8 Å². The zero-order valence-corrected chi connectivity index (χ0v) is 20.0. The van der Waals surface area contributed by atoms with E-state index in [4.69, 9.17) is 4.42 Å². The van der Waals surface area contributed by atoms with Crippen LogP contribution in [0.25, 0.3) is 11.0 Å². The molecule has 2 atom stereocenters. The first-order valence-corrected chi connectivity index (χ1v) is 13.0. The molecule has 6 rings (SSSR count). The van der Waals surface area contributed by atoms with Crippen molar-refractivity contribution in [3.63, 3.8) is 0 Å². The molecule has 182 valence electrons. The molecule has 0 saturated carbocycles. The van der Waals surface area contributed by atoms with Crippen molar-refractivity contribution in [2.45, 2.75) is 35.2 Å². The van der Waals surface area contributed by atoms with Gasteiger partial charge in [0.2, 0.25) is 9.84 Å². The molecule has 2 aliphatic heterocycles. The highest BCUT2D eigenvalue weighted by atomic mass is 32.2. The van der Waals surface area contributed by atoms with Crippen molar-refractivity contribution in [3.05, 3.63) is 95.0 Å². The maximum atomic E-state index is 13.7. The Balaban J connectivity index is 1.39. The quantitative estimate of drug-likeness (QED) is 0.417. The molecule has 1 N–H and O–H groups in total. The summed E-state index contributed by atoms with van der Waals surface area (Å²) < 4.78 is 46.0. The predicted molar refractivity (Wildman–Crippen MR) is 129 cm³/mol. The van der Waals surface area contributed by atoms with Crippen molar-refractivity contribution >= 4 is 32.6 Å². The molecule has 2 unspecified atom stereocenters. The summed E-state index contributed by atoms with van der Waals surface area (Å²) in [7, 11) is -3.96. The molecule has 3 aromatic carbocycles. The van der Waals surface area contributed by atoms with Crippen LogP contribution in [0, 0.1) is 5.82 Å². The van der Waals surface area contributed by atoms with E-state index >= 15 is 0 Å². The highest BCUT2D eigenvalue weighted by molar-refractivity contribution is 7.91. The molecule has 0 radical (unpaired) electrons. The first-order chi connectivity index (χ1) is 17.3. The SMILES string of the molecule is CC(C1NCCc2c1oc1cc(S(=O)(=O)c3cccc(F)c3)ccc21)N1C(=O)c2ccccc2C1=O. The Bertz CT molecular complexity index is 1640. The van der Waals surface area contributed by atoms with Crippen molar-refractivity contribution in [2.24, 2.45) is 0 Å². The number of hydrogen-bond donors (Lipinski definition) is 1. The van der Waals surface area contributed by atoms with Crippen molar-refractivity contribution in [1.29, 1.82) is 0 Å². The number of sulfone groups is 1. The lowest BCUT2D eigenvalue weighted by Gasteiger charge is -2.32. The largest absolute Gasteiger partial charge is 0.459 e. The van der Waals surface area contributed by atoms with Crippen LogP contribution in [0.1, 0.15) is 45.0 Å². The maximum absolute atomic E-state index is 13.7. The molecular weight excluding hydrogens is 483 g/mol. The van der Waals surface area contributed by atoms with Crippen LogP contribution in [-0.4, -0.2) is 37.7 Å². The van der Waals surface area contributed by atoms with E-state index in [0.717, 1.165) is 17.0 Å². The van der Waals surface area contributed by atoms with Gasteiger partial charge in [0.05, 0.1) is 33.0 Å². The number of amides is 2. The summed E-state index contributed by atoms with van der Waals surface area (Å²) in [5.41, 5.74) is 2.04. The minimum atomic E-state index is -3.96. The Labute approximate surface area is 206 Å². The summed E-state index contributed by atoms with van der Waals surface area (Å²) in [5, 5.41) is 4.13. The number of rotatable bonds is 4. The van der Waals surface area contributed by atoms with Gasteiger partial charge in [0.1, 0.15) is 17.2 Å². The number of nitrogens with one attached hydrogen (secondary N) is 1. The van der Waals surface area contributed by atoms with Crippen LogP contribution in [0.2, 0.25) is 0 Å². The first kappa shape index (κ1) is 22.6. The topological polar surface area (TPSA) is 96.7 Å². The van der Waals surface area contributed by atoms with E-state index < -0.39 is 27.7 Å². The minimum Gasteiger partial charge on any atom is -0.459 e. The summed E-state index contributed by atoms with van der Waals surface area (Å²) in [6, 6.07) is 15.2. The van der Waals surface area contributed by atoms with Gasteiger partial charge in [0.25, 0.3) is 11.8 Å². The van der Waals surface area contributed by atoms with Crippen molar-refractivity contribution in [3.8, 4) is 0 Å². The number of fused-ring (bicyclic) bond motifs is 4. The number of imide groups is 1. The lowest BCUT2D eigenvalue weighted by molar-refractivity contribution is 0.0552. The molecule has 2 amide bonds. The fraction of sp³-hybridized carbons (Fsp3) is 0.185. The number of halogens is 1. The molecule has 1 aromatic heterocycles. The van der Waals surface area contributed by atoms with E-state index in [1.54, 1.807) is 37.3 Å². The van der Waals surface area contributed by atoms with Crippen molar-refractivity contribution in [2.75, 3.05) is 6.54 Å². The Morgan fingerprint density at radius 2 is 1.67 bits per heavy atom. The molecule has 0 saturated heterocycles. The van der Waals surface area contributed by atoms with E-state index in [9.17, 15) is 22.4 Å². The van der Waals surface area contributed by atoms with Gasteiger partial charge in [-0.15, -0.1) is 0 Å².